The van der Waals surface area contributed by atoms with Gasteiger partial charge in [0, 0.05) is 25.8 Å². The normalized spacial score (nSPS) is 11.3. The number of ether oxygens (including phenoxy) is 2. The number of carbonyl (C=O) groups is 1. The molecule has 0 bridgehead atoms. The molecular weight excluding hydrogens is 280 g/mol. The highest BCUT2D eigenvalue weighted by molar-refractivity contribution is 5.78. The summed E-state index contributed by atoms with van der Waals surface area (Å²) in [6, 6.07) is 7.77. The molecular formula is C17H28N2O3. The van der Waals surface area contributed by atoms with Gasteiger partial charge < -0.3 is 20.1 Å². The van der Waals surface area contributed by atoms with Crippen molar-refractivity contribution in [2.24, 2.45) is 0 Å². The Morgan fingerprint density at radius 2 is 1.86 bits per heavy atom. The molecule has 5 heteroatoms. The summed E-state index contributed by atoms with van der Waals surface area (Å²) in [4.78, 5) is 11.7. The van der Waals surface area contributed by atoms with Crippen molar-refractivity contribution in [3.63, 3.8) is 0 Å². The largest absolute Gasteiger partial charge is 0.484 e. The Morgan fingerprint density at radius 3 is 2.45 bits per heavy atom. The summed E-state index contributed by atoms with van der Waals surface area (Å²) in [6.07, 6.45) is 1.00. The van der Waals surface area contributed by atoms with Crippen LogP contribution >= 0.6 is 0 Å². The second kappa shape index (κ2) is 9.43. The molecule has 0 radical (unpaired) electrons. The van der Waals surface area contributed by atoms with Crippen molar-refractivity contribution >= 4 is 5.91 Å². The topological polar surface area (TPSA) is 59.6 Å². The molecule has 0 unspecified atom stereocenters. The van der Waals surface area contributed by atoms with Crippen LogP contribution in [0.3, 0.4) is 0 Å². The van der Waals surface area contributed by atoms with E-state index in [2.05, 4.69) is 10.6 Å². The minimum absolute atomic E-state index is 0.0336. The van der Waals surface area contributed by atoms with Gasteiger partial charge in [0.25, 0.3) is 5.91 Å². The summed E-state index contributed by atoms with van der Waals surface area (Å²) in [5.74, 6) is 0.587. The number of amides is 1. The second-order valence-corrected chi connectivity index (χ2v) is 6.25. The van der Waals surface area contributed by atoms with E-state index in [1.54, 1.807) is 7.11 Å². The summed E-state index contributed by atoms with van der Waals surface area (Å²) in [6.45, 7) is 8.38. The quantitative estimate of drug-likeness (QED) is 0.686. The fourth-order valence-corrected chi connectivity index (χ4v) is 1.88. The number of rotatable bonds is 9. The zero-order valence-electron chi connectivity index (χ0n) is 14.1. The highest BCUT2D eigenvalue weighted by Crippen LogP contribution is 2.12. The van der Waals surface area contributed by atoms with Crippen LogP contribution in [-0.4, -0.2) is 38.3 Å². The SMILES string of the molecule is COCCCNCc1ccc(OCC(=O)NC(C)(C)C)cc1. The van der Waals surface area contributed by atoms with Crippen molar-refractivity contribution in [3.05, 3.63) is 29.8 Å². The molecule has 0 aliphatic rings. The summed E-state index contributed by atoms with van der Waals surface area (Å²) in [5, 5.41) is 6.21. The maximum Gasteiger partial charge on any atom is 0.258 e. The van der Waals surface area contributed by atoms with Gasteiger partial charge in [-0.25, -0.2) is 0 Å². The van der Waals surface area contributed by atoms with Crippen LogP contribution < -0.4 is 15.4 Å². The molecule has 1 rings (SSSR count). The minimum atomic E-state index is -0.237. The van der Waals surface area contributed by atoms with E-state index in [9.17, 15) is 4.79 Å². The van der Waals surface area contributed by atoms with Gasteiger partial charge in [-0.3, -0.25) is 4.79 Å². The first-order valence-electron chi connectivity index (χ1n) is 7.63. The molecule has 0 saturated carbocycles. The van der Waals surface area contributed by atoms with Gasteiger partial charge in [0.05, 0.1) is 0 Å². The fraction of sp³-hybridized carbons (Fsp3) is 0.588. The van der Waals surface area contributed by atoms with E-state index in [-0.39, 0.29) is 18.1 Å². The van der Waals surface area contributed by atoms with Crippen LogP contribution in [0.2, 0.25) is 0 Å². The lowest BCUT2D eigenvalue weighted by molar-refractivity contribution is -0.124. The molecule has 1 amide bonds. The van der Waals surface area contributed by atoms with Crippen LogP contribution in [0.1, 0.15) is 32.8 Å². The molecule has 0 aliphatic carbocycles. The third-order valence-corrected chi connectivity index (χ3v) is 2.84. The third-order valence-electron chi connectivity index (χ3n) is 2.84. The van der Waals surface area contributed by atoms with Gasteiger partial charge >= 0.3 is 0 Å². The molecule has 0 saturated heterocycles. The highest BCUT2D eigenvalue weighted by Gasteiger charge is 2.13. The molecule has 1 aromatic rings. The Morgan fingerprint density at radius 1 is 1.18 bits per heavy atom. The molecule has 0 heterocycles. The Kier molecular flexibility index (Phi) is 7.91. The Balaban J connectivity index is 2.28. The predicted octanol–water partition coefficient (Wildman–Crippen LogP) is 2.11. The first kappa shape index (κ1) is 18.5. The van der Waals surface area contributed by atoms with Gasteiger partial charge in [0.1, 0.15) is 5.75 Å². The van der Waals surface area contributed by atoms with E-state index in [0.29, 0.717) is 5.75 Å². The molecule has 22 heavy (non-hydrogen) atoms. The minimum Gasteiger partial charge on any atom is -0.484 e. The maximum absolute atomic E-state index is 11.7. The van der Waals surface area contributed by atoms with Crippen LogP contribution in [0.15, 0.2) is 24.3 Å². The molecule has 2 N–H and O–H groups in total. The van der Waals surface area contributed by atoms with Crippen LogP contribution in [-0.2, 0) is 16.1 Å². The van der Waals surface area contributed by atoms with E-state index < -0.39 is 0 Å². The highest BCUT2D eigenvalue weighted by atomic mass is 16.5. The van der Waals surface area contributed by atoms with Crippen LogP contribution in [0.4, 0.5) is 0 Å². The van der Waals surface area contributed by atoms with E-state index in [0.717, 1.165) is 26.1 Å². The molecule has 0 spiro atoms. The number of methoxy groups -OCH3 is 1. The Labute approximate surface area is 133 Å². The van der Waals surface area contributed by atoms with Gasteiger partial charge in [-0.05, 0) is 51.4 Å². The molecule has 5 nitrogen and oxygen atoms in total. The van der Waals surface area contributed by atoms with Crippen LogP contribution in [0, 0.1) is 0 Å². The van der Waals surface area contributed by atoms with Crippen molar-refractivity contribution in [2.45, 2.75) is 39.3 Å². The molecule has 0 aromatic heterocycles. The Hall–Kier alpha value is -1.59. The van der Waals surface area contributed by atoms with Gasteiger partial charge in [0.2, 0.25) is 0 Å². The summed E-state index contributed by atoms with van der Waals surface area (Å²) < 4.78 is 10.5. The van der Waals surface area contributed by atoms with Gasteiger partial charge in [0.15, 0.2) is 6.61 Å². The lowest BCUT2D eigenvalue weighted by atomic mass is 10.1. The monoisotopic (exact) mass is 308 g/mol. The van der Waals surface area contributed by atoms with E-state index in [1.165, 1.54) is 5.56 Å². The second-order valence-electron chi connectivity index (χ2n) is 6.25. The van der Waals surface area contributed by atoms with Gasteiger partial charge in [-0.1, -0.05) is 12.1 Å². The fourth-order valence-electron chi connectivity index (χ4n) is 1.88. The van der Waals surface area contributed by atoms with Gasteiger partial charge in [-0.15, -0.1) is 0 Å². The van der Waals surface area contributed by atoms with Crippen molar-refractivity contribution in [1.29, 1.82) is 0 Å². The zero-order chi connectivity index (χ0) is 16.4. The van der Waals surface area contributed by atoms with Crippen molar-refractivity contribution < 1.29 is 14.3 Å². The number of hydrogen-bond acceptors (Lipinski definition) is 4. The summed E-state index contributed by atoms with van der Waals surface area (Å²) in [7, 11) is 1.71. The molecule has 0 atom stereocenters. The number of nitrogens with one attached hydrogen (secondary N) is 2. The average Bonchev–Trinajstić information content (AvgIpc) is 2.44. The molecule has 0 aliphatic heterocycles. The Bertz CT molecular complexity index is 438. The maximum atomic E-state index is 11.7. The smallest absolute Gasteiger partial charge is 0.258 e. The van der Waals surface area contributed by atoms with E-state index in [1.807, 2.05) is 45.0 Å². The number of carbonyl (C=O) groups excluding carboxylic acids is 1. The zero-order valence-corrected chi connectivity index (χ0v) is 14.1. The molecule has 124 valence electrons. The number of hydrogen-bond donors (Lipinski definition) is 2. The van der Waals surface area contributed by atoms with Crippen molar-refractivity contribution in [2.75, 3.05) is 26.9 Å². The molecule has 1 aromatic carbocycles. The van der Waals surface area contributed by atoms with Crippen LogP contribution in [0.25, 0.3) is 0 Å². The van der Waals surface area contributed by atoms with E-state index >= 15 is 0 Å². The van der Waals surface area contributed by atoms with E-state index in [4.69, 9.17) is 9.47 Å². The lowest BCUT2D eigenvalue weighted by Crippen LogP contribution is -2.43. The lowest BCUT2D eigenvalue weighted by Gasteiger charge is -2.20. The third kappa shape index (κ3) is 8.64. The first-order valence-corrected chi connectivity index (χ1v) is 7.63. The number of benzene rings is 1. The summed E-state index contributed by atoms with van der Waals surface area (Å²) in [5.41, 5.74) is 0.947. The van der Waals surface area contributed by atoms with Crippen molar-refractivity contribution in [1.82, 2.24) is 10.6 Å². The van der Waals surface area contributed by atoms with Crippen molar-refractivity contribution in [3.8, 4) is 5.75 Å². The summed E-state index contributed by atoms with van der Waals surface area (Å²) >= 11 is 0. The first-order chi connectivity index (χ1) is 10.4. The predicted molar refractivity (Wildman–Crippen MR) is 88.0 cm³/mol. The van der Waals surface area contributed by atoms with Crippen LogP contribution in [0.5, 0.6) is 5.75 Å². The standard InChI is InChI=1S/C17H28N2O3/c1-17(2,3)19-16(20)13-22-15-8-6-14(7-9-15)12-18-10-5-11-21-4/h6-9,18H,5,10-13H2,1-4H3,(H,19,20). The van der Waals surface area contributed by atoms with Gasteiger partial charge in [-0.2, -0.15) is 0 Å². The molecule has 0 fully saturated rings. The average molecular weight is 308 g/mol.